The van der Waals surface area contributed by atoms with Gasteiger partial charge in [0.2, 0.25) is 5.76 Å². The molecule has 1 aliphatic heterocycles. The average molecular weight is 285 g/mol. The Kier molecular flexibility index (Phi) is 3.08. The molecule has 1 saturated heterocycles. The predicted molar refractivity (Wildman–Crippen MR) is 66.6 cm³/mol. The van der Waals surface area contributed by atoms with E-state index in [0.717, 1.165) is 0 Å². The minimum Gasteiger partial charge on any atom is -0.463 e. The number of halogens is 2. The van der Waals surface area contributed by atoms with Gasteiger partial charge in [0.25, 0.3) is 5.92 Å². The van der Waals surface area contributed by atoms with Gasteiger partial charge in [-0.3, -0.25) is 4.90 Å². The van der Waals surface area contributed by atoms with Crippen LogP contribution in [0.4, 0.5) is 8.78 Å². The maximum Gasteiger partial charge on any atom is 0.373 e. The zero-order chi connectivity index (χ0) is 14.5. The first kappa shape index (κ1) is 13.5. The van der Waals surface area contributed by atoms with Gasteiger partial charge in [0.05, 0.1) is 13.2 Å². The molecule has 0 aromatic carbocycles. The van der Waals surface area contributed by atoms with Crippen molar-refractivity contribution in [2.75, 3.05) is 20.2 Å². The maximum absolute atomic E-state index is 13.4. The Labute approximate surface area is 115 Å². The summed E-state index contributed by atoms with van der Waals surface area (Å²) < 4.78 is 36.8. The van der Waals surface area contributed by atoms with Gasteiger partial charge in [-0.05, 0) is 32.0 Å². The molecular weight excluding hydrogens is 268 g/mol. The Balaban J connectivity index is 1.69. The van der Waals surface area contributed by atoms with Gasteiger partial charge < -0.3 is 9.15 Å². The SMILES string of the molecule is COC(=O)c1ccc([C@H](C)N2CC[C@H]3[C@H](C2)C3(F)F)o1. The first-order chi connectivity index (χ1) is 9.45. The third kappa shape index (κ3) is 2.02. The molecule has 2 fully saturated rings. The van der Waals surface area contributed by atoms with Gasteiger partial charge in [0, 0.05) is 18.4 Å². The summed E-state index contributed by atoms with van der Waals surface area (Å²) >= 11 is 0. The molecule has 0 unspecified atom stereocenters. The number of ether oxygens (including phenoxy) is 1. The van der Waals surface area contributed by atoms with E-state index < -0.39 is 23.7 Å². The van der Waals surface area contributed by atoms with Crippen molar-refractivity contribution in [3.05, 3.63) is 23.7 Å². The molecule has 0 spiro atoms. The second-order valence-electron chi connectivity index (χ2n) is 5.54. The molecule has 3 rings (SSSR count). The molecule has 1 aliphatic carbocycles. The van der Waals surface area contributed by atoms with E-state index in [4.69, 9.17) is 4.42 Å². The van der Waals surface area contributed by atoms with Crippen LogP contribution in [0.1, 0.15) is 35.7 Å². The zero-order valence-corrected chi connectivity index (χ0v) is 11.4. The second-order valence-corrected chi connectivity index (χ2v) is 5.54. The largest absolute Gasteiger partial charge is 0.463 e. The highest BCUT2D eigenvalue weighted by molar-refractivity contribution is 5.86. The van der Waals surface area contributed by atoms with E-state index in [1.807, 2.05) is 11.8 Å². The molecule has 2 aliphatic rings. The zero-order valence-electron chi connectivity index (χ0n) is 11.4. The molecule has 20 heavy (non-hydrogen) atoms. The van der Waals surface area contributed by atoms with Crippen LogP contribution in [0.3, 0.4) is 0 Å². The van der Waals surface area contributed by atoms with Crippen molar-refractivity contribution in [1.29, 1.82) is 0 Å². The number of rotatable bonds is 3. The van der Waals surface area contributed by atoms with Crippen LogP contribution in [-0.2, 0) is 4.74 Å². The van der Waals surface area contributed by atoms with Gasteiger partial charge in [-0.25, -0.2) is 13.6 Å². The van der Waals surface area contributed by atoms with Gasteiger partial charge in [0.15, 0.2) is 0 Å². The van der Waals surface area contributed by atoms with Crippen LogP contribution in [0.5, 0.6) is 0 Å². The van der Waals surface area contributed by atoms with E-state index in [2.05, 4.69) is 4.74 Å². The summed E-state index contributed by atoms with van der Waals surface area (Å²) in [6.45, 7) is 2.92. The van der Waals surface area contributed by atoms with Gasteiger partial charge in [-0.15, -0.1) is 0 Å². The number of hydrogen-bond donors (Lipinski definition) is 0. The normalized spacial score (nSPS) is 29.6. The molecule has 110 valence electrons. The molecule has 1 saturated carbocycles. The highest BCUT2D eigenvalue weighted by atomic mass is 19.3. The monoisotopic (exact) mass is 285 g/mol. The fourth-order valence-electron chi connectivity index (χ4n) is 3.07. The molecule has 1 aromatic heterocycles. The van der Waals surface area contributed by atoms with E-state index in [1.54, 1.807) is 12.1 Å². The van der Waals surface area contributed by atoms with Crippen molar-refractivity contribution < 1.29 is 22.7 Å². The fourth-order valence-corrected chi connectivity index (χ4v) is 3.07. The van der Waals surface area contributed by atoms with Crippen LogP contribution >= 0.6 is 0 Å². The fraction of sp³-hybridized carbons (Fsp3) is 0.643. The van der Waals surface area contributed by atoms with Crippen molar-refractivity contribution >= 4 is 5.97 Å². The Hall–Kier alpha value is -1.43. The number of methoxy groups -OCH3 is 1. The predicted octanol–water partition coefficient (Wildman–Crippen LogP) is 2.71. The van der Waals surface area contributed by atoms with Crippen LogP contribution in [0.2, 0.25) is 0 Å². The van der Waals surface area contributed by atoms with Gasteiger partial charge in [-0.1, -0.05) is 0 Å². The first-order valence-corrected chi connectivity index (χ1v) is 6.75. The summed E-state index contributed by atoms with van der Waals surface area (Å²) in [4.78, 5) is 13.3. The minimum atomic E-state index is -2.49. The van der Waals surface area contributed by atoms with Crippen molar-refractivity contribution in [2.24, 2.45) is 11.8 Å². The van der Waals surface area contributed by atoms with Crippen LogP contribution in [0, 0.1) is 11.8 Å². The molecule has 0 radical (unpaired) electrons. The third-order valence-electron chi connectivity index (χ3n) is 4.50. The first-order valence-electron chi connectivity index (χ1n) is 6.75. The lowest BCUT2D eigenvalue weighted by atomic mass is 10.1. The Bertz CT molecular complexity index is 528. The number of alkyl halides is 2. The molecule has 4 nitrogen and oxygen atoms in total. The highest BCUT2D eigenvalue weighted by Gasteiger charge is 2.69. The Morgan fingerprint density at radius 1 is 1.50 bits per heavy atom. The van der Waals surface area contributed by atoms with Gasteiger partial charge in [-0.2, -0.15) is 0 Å². The quantitative estimate of drug-likeness (QED) is 0.801. The summed E-state index contributed by atoms with van der Waals surface area (Å²) in [5.41, 5.74) is 0. The number of hydrogen-bond acceptors (Lipinski definition) is 4. The van der Waals surface area contributed by atoms with E-state index in [-0.39, 0.29) is 11.8 Å². The van der Waals surface area contributed by atoms with E-state index in [0.29, 0.717) is 25.3 Å². The number of furan rings is 1. The Morgan fingerprint density at radius 3 is 2.90 bits per heavy atom. The van der Waals surface area contributed by atoms with Gasteiger partial charge in [0.1, 0.15) is 5.76 Å². The Morgan fingerprint density at radius 2 is 2.25 bits per heavy atom. The highest BCUT2D eigenvalue weighted by Crippen LogP contribution is 2.59. The number of esters is 1. The number of carbonyl (C=O) groups excluding carboxylic acids is 1. The second kappa shape index (κ2) is 4.55. The number of likely N-dealkylation sites (tertiary alicyclic amines) is 1. The van der Waals surface area contributed by atoms with E-state index in [1.165, 1.54) is 7.11 Å². The molecule has 1 aromatic rings. The van der Waals surface area contributed by atoms with Crippen molar-refractivity contribution in [3.63, 3.8) is 0 Å². The molecule has 0 N–H and O–H groups in total. The number of carbonyl (C=O) groups is 1. The molecular formula is C14H17F2NO3. The topological polar surface area (TPSA) is 42.7 Å². The third-order valence-corrected chi connectivity index (χ3v) is 4.50. The molecule has 3 atom stereocenters. The van der Waals surface area contributed by atoms with Crippen molar-refractivity contribution in [1.82, 2.24) is 4.90 Å². The maximum atomic E-state index is 13.4. The lowest BCUT2D eigenvalue weighted by Gasteiger charge is -2.30. The summed E-state index contributed by atoms with van der Waals surface area (Å²) in [5, 5.41) is 0. The van der Waals surface area contributed by atoms with Crippen LogP contribution in [0.25, 0.3) is 0 Å². The summed E-state index contributed by atoms with van der Waals surface area (Å²) in [7, 11) is 1.29. The van der Waals surface area contributed by atoms with Crippen molar-refractivity contribution in [2.45, 2.75) is 25.3 Å². The number of nitrogens with zero attached hydrogens (tertiary/aromatic N) is 1. The molecule has 6 heteroatoms. The summed E-state index contributed by atoms with van der Waals surface area (Å²) in [5.74, 6) is -3.24. The van der Waals surface area contributed by atoms with Crippen LogP contribution in [-0.4, -0.2) is 37.0 Å². The van der Waals surface area contributed by atoms with Crippen molar-refractivity contribution in [3.8, 4) is 0 Å². The molecule has 2 heterocycles. The van der Waals surface area contributed by atoms with Crippen LogP contribution < -0.4 is 0 Å². The smallest absolute Gasteiger partial charge is 0.373 e. The minimum absolute atomic E-state index is 0.120. The summed E-state index contributed by atoms with van der Waals surface area (Å²) in [6.07, 6.45) is 0.520. The number of piperidine rings is 1. The van der Waals surface area contributed by atoms with Crippen LogP contribution in [0.15, 0.2) is 16.5 Å². The van der Waals surface area contributed by atoms with Gasteiger partial charge >= 0.3 is 5.97 Å². The van der Waals surface area contributed by atoms with E-state index in [9.17, 15) is 13.6 Å². The lowest BCUT2D eigenvalue weighted by Crippen LogP contribution is -2.33. The molecule has 0 bridgehead atoms. The lowest BCUT2D eigenvalue weighted by molar-refractivity contribution is 0.0557. The molecule has 0 amide bonds. The average Bonchev–Trinajstić information content (AvgIpc) is 2.84. The number of fused-ring (bicyclic) bond motifs is 1. The standard InChI is InChI=1S/C14H17F2NO3/c1-8(11-3-4-12(20-11)13(18)19-2)17-6-5-9-10(7-17)14(9,15)16/h3-4,8-10H,5-7H2,1-2H3/t8-,9-,10-/m0/s1. The van der Waals surface area contributed by atoms with E-state index >= 15 is 0 Å². The summed E-state index contributed by atoms with van der Waals surface area (Å²) in [6, 6.07) is 3.13.